The van der Waals surface area contributed by atoms with Crippen LogP contribution in [-0.4, -0.2) is 4.98 Å². The fourth-order valence-electron chi connectivity index (χ4n) is 1.38. The van der Waals surface area contributed by atoms with Gasteiger partial charge in [-0.2, -0.15) is 0 Å². The Balaban J connectivity index is 3.25. The van der Waals surface area contributed by atoms with E-state index in [9.17, 15) is 0 Å². The third-order valence-corrected chi connectivity index (χ3v) is 2.45. The lowest BCUT2D eigenvalue weighted by atomic mass is 10.1. The van der Waals surface area contributed by atoms with Gasteiger partial charge in [0, 0.05) is 23.6 Å². The molecule has 1 aromatic heterocycles. The fourth-order valence-corrected chi connectivity index (χ4v) is 1.53. The van der Waals surface area contributed by atoms with Crippen molar-refractivity contribution in [2.24, 2.45) is 7.05 Å². The smallest absolute Gasteiger partial charge is 0.220 e. The molecule has 1 aromatic rings. The SMILES string of the molecule is CCc1cnc(Cl)[n+](C)c1CC. The van der Waals surface area contributed by atoms with E-state index in [4.69, 9.17) is 11.6 Å². The quantitative estimate of drug-likeness (QED) is 0.506. The molecule has 0 aromatic carbocycles. The first-order valence-corrected chi connectivity index (χ1v) is 4.60. The van der Waals surface area contributed by atoms with Gasteiger partial charge in [-0.1, -0.05) is 13.8 Å². The van der Waals surface area contributed by atoms with E-state index < -0.39 is 0 Å². The average Bonchev–Trinajstić information content (AvgIpc) is 2.09. The van der Waals surface area contributed by atoms with E-state index in [0.717, 1.165) is 12.8 Å². The van der Waals surface area contributed by atoms with Crippen molar-refractivity contribution >= 4 is 11.6 Å². The van der Waals surface area contributed by atoms with Gasteiger partial charge >= 0.3 is 5.28 Å². The third-order valence-electron chi connectivity index (χ3n) is 2.10. The van der Waals surface area contributed by atoms with Crippen LogP contribution in [0.3, 0.4) is 0 Å². The Bertz CT molecular complexity index is 284. The van der Waals surface area contributed by atoms with Gasteiger partial charge in [-0.3, -0.25) is 0 Å². The van der Waals surface area contributed by atoms with Crippen LogP contribution in [0.5, 0.6) is 0 Å². The van der Waals surface area contributed by atoms with Crippen LogP contribution in [0.15, 0.2) is 6.20 Å². The molecular formula is C9H14ClN2+. The highest BCUT2D eigenvalue weighted by atomic mass is 35.5. The molecule has 0 unspecified atom stereocenters. The first-order chi connectivity index (χ1) is 5.70. The molecule has 0 amide bonds. The summed E-state index contributed by atoms with van der Waals surface area (Å²) < 4.78 is 1.94. The maximum absolute atomic E-state index is 5.87. The second-order valence-electron chi connectivity index (χ2n) is 2.77. The zero-order valence-electron chi connectivity index (χ0n) is 7.76. The fraction of sp³-hybridized carbons (Fsp3) is 0.556. The molecule has 66 valence electrons. The summed E-state index contributed by atoms with van der Waals surface area (Å²) in [5.41, 5.74) is 2.56. The van der Waals surface area contributed by atoms with Crippen molar-refractivity contribution in [3.8, 4) is 0 Å². The molecule has 0 bridgehead atoms. The summed E-state index contributed by atoms with van der Waals surface area (Å²) in [5.74, 6) is 0. The minimum atomic E-state index is 0.559. The van der Waals surface area contributed by atoms with Crippen LogP contribution in [-0.2, 0) is 19.9 Å². The summed E-state index contributed by atoms with van der Waals surface area (Å²) in [5, 5.41) is 0.559. The lowest BCUT2D eigenvalue weighted by molar-refractivity contribution is -0.680. The highest BCUT2D eigenvalue weighted by Gasteiger charge is 2.13. The van der Waals surface area contributed by atoms with Crippen LogP contribution in [0.4, 0.5) is 0 Å². The second kappa shape index (κ2) is 3.85. The van der Waals surface area contributed by atoms with Crippen LogP contribution < -0.4 is 4.57 Å². The predicted molar refractivity (Wildman–Crippen MR) is 49.2 cm³/mol. The number of rotatable bonds is 2. The Morgan fingerprint density at radius 1 is 1.42 bits per heavy atom. The molecule has 0 atom stereocenters. The number of aryl methyl sites for hydroxylation is 1. The van der Waals surface area contributed by atoms with Gasteiger partial charge in [-0.25, -0.2) is 4.57 Å². The highest BCUT2D eigenvalue weighted by Crippen LogP contribution is 2.07. The van der Waals surface area contributed by atoms with Gasteiger partial charge in [0.25, 0.3) is 0 Å². The molecule has 0 fully saturated rings. The van der Waals surface area contributed by atoms with Gasteiger partial charge in [0.15, 0.2) is 0 Å². The Morgan fingerprint density at radius 3 is 2.58 bits per heavy atom. The molecule has 12 heavy (non-hydrogen) atoms. The van der Waals surface area contributed by atoms with E-state index in [1.807, 2.05) is 17.8 Å². The Labute approximate surface area is 78.2 Å². The molecule has 0 saturated heterocycles. The van der Waals surface area contributed by atoms with Crippen LogP contribution in [0.2, 0.25) is 5.28 Å². The second-order valence-corrected chi connectivity index (χ2v) is 3.10. The standard InChI is InChI=1S/C9H14ClN2/c1-4-7-6-11-9(10)12(3)8(7)5-2/h6H,4-5H2,1-3H3/q+1. The lowest BCUT2D eigenvalue weighted by Gasteiger charge is -2.03. The van der Waals surface area contributed by atoms with Crippen molar-refractivity contribution in [1.29, 1.82) is 0 Å². The van der Waals surface area contributed by atoms with Crippen LogP contribution in [0.25, 0.3) is 0 Å². The van der Waals surface area contributed by atoms with E-state index >= 15 is 0 Å². The normalized spacial score (nSPS) is 10.3. The van der Waals surface area contributed by atoms with Gasteiger partial charge in [0.1, 0.15) is 11.9 Å². The van der Waals surface area contributed by atoms with E-state index in [2.05, 4.69) is 18.8 Å². The van der Waals surface area contributed by atoms with E-state index in [-0.39, 0.29) is 0 Å². The molecule has 0 aliphatic heterocycles. The van der Waals surface area contributed by atoms with E-state index in [1.54, 1.807) is 0 Å². The maximum atomic E-state index is 5.87. The Hall–Kier alpha value is -0.630. The first-order valence-electron chi connectivity index (χ1n) is 4.23. The van der Waals surface area contributed by atoms with Crippen molar-refractivity contribution < 1.29 is 4.57 Å². The third kappa shape index (κ3) is 1.58. The number of hydrogen-bond acceptors (Lipinski definition) is 1. The monoisotopic (exact) mass is 185 g/mol. The number of nitrogens with zero attached hydrogens (tertiary/aromatic N) is 2. The number of hydrogen-bond donors (Lipinski definition) is 0. The number of halogens is 1. The van der Waals surface area contributed by atoms with Gasteiger partial charge in [0.05, 0.1) is 7.05 Å². The summed E-state index contributed by atoms with van der Waals surface area (Å²) in [6.07, 6.45) is 3.88. The molecule has 0 saturated carbocycles. The van der Waals surface area contributed by atoms with E-state index in [1.165, 1.54) is 11.3 Å². The summed E-state index contributed by atoms with van der Waals surface area (Å²) in [6.45, 7) is 4.26. The molecule has 3 heteroatoms. The van der Waals surface area contributed by atoms with Crippen molar-refractivity contribution in [2.75, 3.05) is 0 Å². The maximum Gasteiger partial charge on any atom is 0.395 e. The molecule has 0 spiro atoms. The van der Waals surface area contributed by atoms with Crippen molar-refractivity contribution in [1.82, 2.24) is 4.98 Å². The zero-order valence-corrected chi connectivity index (χ0v) is 8.52. The van der Waals surface area contributed by atoms with Crippen molar-refractivity contribution in [2.45, 2.75) is 26.7 Å². The summed E-state index contributed by atoms with van der Waals surface area (Å²) in [4.78, 5) is 4.09. The largest absolute Gasteiger partial charge is 0.395 e. The van der Waals surface area contributed by atoms with Crippen LogP contribution in [0.1, 0.15) is 25.1 Å². The molecule has 1 heterocycles. The Kier molecular flexibility index (Phi) is 3.04. The molecule has 0 radical (unpaired) electrons. The average molecular weight is 186 g/mol. The molecule has 2 nitrogen and oxygen atoms in total. The lowest BCUT2D eigenvalue weighted by Crippen LogP contribution is -2.37. The minimum absolute atomic E-state index is 0.559. The summed E-state index contributed by atoms with van der Waals surface area (Å²) in [6, 6.07) is 0. The molecule has 0 N–H and O–H groups in total. The van der Waals surface area contributed by atoms with Gasteiger partial charge < -0.3 is 0 Å². The molecule has 1 rings (SSSR count). The molecule has 0 aliphatic carbocycles. The van der Waals surface area contributed by atoms with Crippen LogP contribution >= 0.6 is 11.6 Å². The summed E-state index contributed by atoms with van der Waals surface area (Å²) >= 11 is 5.87. The first kappa shape index (κ1) is 9.46. The zero-order chi connectivity index (χ0) is 9.14. The minimum Gasteiger partial charge on any atom is -0.220 e. The summed E-state index contributed by atoms with van der Waals surface area (Å²) in [7, 11) is 1.95. The van der Waals surface area contributed by atoms with E-state index in [0.29, 0.717) is 5.28 Å². The van der Waals surface area contributed by atoms with Gasteiger partial charge in [0.2, 0.25) is 0 Å². The van der Waals surface area contributed by atoms with Crippen LogP contribution in [0, 0.1) is 0 Å². The topological polar surface area (TPSA) is 16.8 Å². The van der Waals surface area contributed by atoms with Gasteiger partial charge in [-0.05, 0) is 11.4 Å². The predicted octanol–water partition coefficient (Wildman–Crippen LogP) is 1.68. The van der Waals surface area contributed by atoms with Gasteiger partial charge in [-0.15, -0.1) is 0 Å². The highest BCUT2D eigenvalue weighted by molar-refractivity contribution is 6.27. The molecule has 0 aliphatic rings. The number of aromatic nitrogens is 2. The molecular weight excluding hydrogens is 172 g/mol. The van der Waals surface area contributed by atoms with Crippen molar-refractivity contribution in [3.05, 3.63) is 22.7 Å². The van der Waals surface area contributed by atoms with Crippen molar-refractivity contribution in [3.63, 3.8) is 0 Å². The Morgan fingerprint density at radius 2 is 2.08 bits per heavy atom.